The summed E-state index contributed by atoms with van der Waals surface area (Å²) in [5.41, 5.74) is 3.48. The van der Waals surface area contributed by atoms with Crippen LogP contribution >= 0.6 is 11.3 Å². The molecule has 0 aromatic carbocycles. The summed E-state index contributed by atoms with van der Waals surface area (Å²) in [7, 11) is 0. The third-order valence-electron chi connectivity index (χ3n) is 3.01. The van der Waals surface area contributed by atoms with Gasteiger partial charge in [-0.1, -0.05) is 20.8 Å². The van der Waals surface area contributed by atoms with Gasteiger partial charge in [0.15, 0.2) is 0 Å². The third kappa shape index (κ3) is 3.13. The predicted molar refractivity (Wildman–Crippen MR) is 83.0 cm³/mol. The topological polar surface area (TPSA) is 37.8 Å². The molecule has 0 aliphatic carbocycles. The lowest BCUT2D eigenvalue weighted by molar-refractivity contribution is 0.844. The Labute approximate surface area is 119 Å². The highest BCUT2D eigenvalue weighted by molar-refractivity contribution is 7.10. The van der Waals surface area contributed by atoms with E-state index in [4.69, 9.17) is 0 Å². The fourth-order valence-corrected chi connectivity index (χ4v) is 2.81. The number of hydrogen-bond donors (Lipinski definition) is 1. The van der Waals surface area contributed by atoms with Gasteiger partial charge in [-0.15, -0.1) is 11.3 Å². The van der Waals surface area contributed by atoms with Crippen LogP contribution in [0.25, 0.3) is 11.3 Å². The van der Waals surface area contributed by atoms with Gasteiger partial charge < -0.3 is 5.32 Å². The van der Waals surface area contributed by atoms with Gasteiger partial charge in [-0.05, 0) is 25.3 Å². The molecule has 4 heteroatoms. The molecule has 2 heterocycles. The molecule has 0 unspecified atom stereocenters. The van der Waals surface area contributed by atoms with Gasteiger partial charge in [0.1, 0.15) is 12.1 Å². The summed E-state index contributed by atoms with van der Waals surface area (Å²) in [6.45, 7) is 9.61. The van der Waals surface area contributed by atoms with Crippen LogP contribution in [0.3, 0.4) is 0 Å². The number of nitrogens with one attached hydrogen (secondary N) is 1. The number of aryl methyl sites for hydroxylation is 1. The molecule has 19 heavy (non-hydrogen) atoms. The summed E-state index contributed by atoms with van der Waals surface area (Å²) in [6, 6.07) is 2.20. The van der Waals surface area contributed by atoms with E-state index in [1.165, 1.54) is 16.0 Å². The van der Waals surface area contributed by atoms with E-state index in [2.05, 4.69) is 54.4 Å². The van der Waals surface area contributed by atoms with Gasteiger partial charge in [-0.3, -0.25) is 0 Å². The molecule has 102 valence electrons. The van der Waals surface area contributed by atoms with Crippen molar-refractivity contribution in [2.45, 2.75) is 40.0 Å². The van der Waals surface area contributed by atoms with Crippen LogP contribution in [-0.2, 0) is 0 Å². The van der Waals surface area contributed by atoms with E-state index in [0.29, 0.717) is 5.92 Å². The molecule has 0 aliphatic heterocycles. The highest BCUT2D eigenvalue weighted by Gasteiger charge is 2.16. The molecule has 0 radical (unpaired) electrons. The van der Waals surface area contributed by atoms with Crippen LogP contribution in [0, 0.1) is 6.92 Å². The Morgan fingerprint density at radius 2 is 2.11 bits per heavy atom. The smallest absolute Gasteiger partial charge is 0.133 e. The highest BCUT2D eigenvalue weighted by Crippen LogP contribution is 2.33. The number of aromatic nitrogens is 2. The first-order chi connectivity index (χ1) is 9.13. The van der Waals surface area contributed by atoms with Crippen molar-refractivity contribution in [3.8, 4) is 11.3 Å². The monoisotopic (exact) mass is 275 g/mol. The molecule has 3 nitrogen and oxygen atoms in total. The van der Waals surface area contributed by atoms with Crippen molar-refractivity contribution in [1.29, 1.82) is 0 Å². The number of rotatable bonds is 5. The molecule has 2 aromatic heterocycles. The summed E-state index contributed by atoms with van der Waals surface area (Å²) in [5.74, 6) is 1.38. The molecule has 2 aromatic rings. The minimum atomic E-state index is 0.399. The van der Waals surface area contributed by atoms with E-state index in [1.54, 1.807) is 17.7 Å². The maximum atomic E-state index is 4.51. The van der Waals surface area contributed by atoms with E-state index in [-0.39, 0.29) is 0 Å². The molecular weight excluding hydrogens is 254 g/mol. The Kier molecular flexibility index (Phi) is 4.53. The van der Waals surface area contributed by atoms with Crippen molar-refractivity contribution >= 4 is 17.2 Å². The standard InChI is InChI=1S/C15H21N3S/c1-5-6-16-15-13(10(2)3)14(17-9-18-15)12-7-11(4)19-8-12/h7-10H,5-6H2,1-4H3,(H,16,17,18). The lowest BCUT2D eigenvalue weighted by Crippen LogP contribution is -2.08. The lowest BCUT2D eigenvalue weighted by Gasteiger charge is -2.16. The van der Waals surface area contributed by atoms with Gasteiger partial charge in [-0.25, -0.2) is 9.97 Å². The first kappa shape index (κ1) is 14.0. The fraction of sp³-hybridized carbons (Fsp3) is 0.467. The normalized spacial score (nSPS) is 11.0. The van der Waals surface area contributed by atoms with Crippen LogP contribution in [0.5, 0.6) is 0 Å². The molecule has 0 spiro atoms. The Bertz CT molecular complexity index is 546. The average molecular weight is 275 g/mol. The summed E-state index contributed by atoms with van der Waals surface area (Å²) in [5, 5.41) is 5.59. The van der Waals surface area contributed by atoms with E-state index < -0.39 is 0 Å². The van der Waals surface area contributed by atoms with Gasteiger partial charge in [-0.2, -0.15) is 0 Å². The molecule has 0 bridgehead atoms. The largest absolute Gasteiger partial charge is 0.370 e. The van der Waals surface area contributed by atoms with Crippen molar-refractivity contribution in [2.24, 2.45) is 0 Å². The van der Waals surface area contributed by atoms with Gasteiger partial charge in [0.05, 0.1) is 5.69 Å². The Balaban J connectivity index is 2.48. The van der Waals surface area contributed by atoms with Crippen LogP contribution in [0.1, 0.15) is 43.6 Å². The molecule has 0 amide bonds. The molecule has 0 saturated carbocycles. The fourth-order valence-electron chi connectivity index (χ4n) is 2.12. The second-order valence-electron chi connectivity index (χ2n) is 5.01. The Morgan fingerprint density at radius 1 is 1.32 bits per heavy atom. The quantitative estimate of drug-likeness (QED) is 0.875. The van der Waals surface area contributed by atoms with E-state index in [0.717, 1.165) is 24.5 Å². The van der Waals surface area contributed by atoms with Crippen molar-refractivity contribution in [1.82, 2.24) is 9.97 Å². The van der Waals surface area contributed by atoms with Crippen LogP contribution in [0.15, 0.2) is 17.8 Å². The average Bonchev–Trinajstić information content (AvgIpc) is 2.82. The second kappa shape index (κ2) is 6.15. The van der Waals surface area contributed by atoms with E-state index in [9.17, 15) is 0 Å². The van der Waals surface area contributed by atoms with Gasteiger partial charge in [0.25, 0.3) is 0 Å². The first-order valence-corrected chi connectivity index (χ1v) is 7.65. The van der Waals surface area contributed by atoms with Crippen molar-refractivity contribution in [2.75, 3.05) is 11.9 Å². The number of thiophene rings is 1. The number of hydrogen-bond acceptors (Lipinski definition) is 4. The molecule has 0 saturated heterocycles. The minimum Gasteiger partial charge on any atom is -0.370 e. The van der Waals surface area contributed by atoms with Crippen LogP contribution in [0.4, 0.5) is 5.82 Å². The zero-order valence-corrected chi connectivity index (χ0v) is 12.8. The van der Waals surface area contributed by atoms with E-state index >= 15 is 0 Å². The van der Waals surface area contributed by atoms with Gasteiger partial charge in [0.2, 0.25) is 0 Å². The van der Waals surface area contributed by atoms with Crippen molar-refractivity contribution in [3.05, 3.63) is 28.2 Å². The maximum Gasteiger partial charge on any atom is 0.133 e. The summed E-state index contributed by atoms with van der Waals surface area (Å²) < 4.78 is 0. The van der Waals surface area contributed by atoms with Crippen molar-refractivity contribution in [3.63, 3.8) is 0 Å². The third-order valence-corrected chi connectivity index (χ3v) is 3.87. The second-order valence-corrected chi connectivity index (χ2v) is 6.13. The maximum absolute atomic E-state index is 4.51. The number of nitrogens with zero attached hydrogens (tertiary/aromatic N) is 2. The molecule has 0 atom stereocenters. The zero-order valence-electron chi connectivity index (χ0n) is 12.0. The zero-order chi connectivity index (χ0) is 13.8. The highest BCUT2D eigenvalue weighted by atomic mass is 32.1. The van der Waals surface area contributed by atoms with E-state index in [1.807, 2.05) is 0 Å². The molecule has 2 rings (SSSR count). The van der Waals surface area contributed by atoms with Crippen molar-refractivity contribution < 1.29 is 0 Å². The molecule has 1 N–H and O–H groups in total. The summed E-state index contributed by atoms with van der Waals surface area (Å²) in [4.78, 5) is 10.2. The molecular formula is C15H21N3S. The number of anilines is 1. The summed E-state index contributed by atoms with van der Waals surface area (Å²) >= 11 is 1.76. The van der Waals surface area contributed by atoms with Gasteiger partial charge in [0, 0.05) is 27.9 Å². The van der Waals surface area contributed by atoms with Crippen LogP contribution in [0.2, 0.25) is 0 Å². The predicted octanol–water partition coefficient (Wildman–Crippen LogP) is 4.46. The van der Waals surface area contributed by atoms with Crippen LogP contribution < -0.4 is 5.32 Å². The lowest BCUT2D eigenvalue weighted by atomic mass is 9.98. The minimum absolute atomic E-state index is 0.399. The summed E-state index contributed by atoms with van der Waals surface area (Å²) in [6.07, 6.45) is 2.75. The Morgan fingerprint density at radius 3 is 2.68 bits per heavy atom. The van der Waals surface area contributed by atoms with Crippen LogP contribution in [-0.4, -0.2) is 16.5 Å². The van der Waals surface area contributed by atoms with Gasteiger partial charge >= 0.3 is 0 Å². The molecule has 0 aliphatic rings. The Hall–Kier alpha value is -1.42. The first-order valence-electron chi connectivity index (χ1n) is 6.77. The SMILES string of the molecule is CCCNc1ncnc(-c2csc(C)c2)c1C(C)C. The molecule has 0 fully saturated rings.